The van der Waals surface area contributed by atoms with Gasteiger partial charge in [-0.2, -0.15) is 0 Å². The Kier molecular flexibility index (Phi) is 9.06. The highest BCUT2D eigenvalue weighted by Crippen LogP contribution is 2.27. The topological polar surface area (TPSA) is 124 Å². The lowest BCUT2D eigenvalue weighted by Gasteiger charge is -2.43. The number of aliphatic hydroxyl groups is 4. The van der Waals surface area contributed by atoms with Gasteiger partial charge in [0.1, 0.15) is 37.4 Å². The minimum absolute atomic E-state index is 0.218. The molecular weight excluding hydrogens is 464 g/mol. The van der Waals surface area contributed by atoms with E-state index in [1.807, 2.05) is 23.1 Å². The molecule has 9 heteroatoms. The summed E-state index contributed by atoms with van der Waals surface area (Å²) in [6.45, 7) is 2.33. The van der Waals surface area contributed by atoms with Gasteiger partial charge in [0.25, 0.3) is 0 Å². The first kappa shape index (κ1) is 26.2. The smallest absolute Gasteiger partial charge is 0.161 e. The molecule has 0 aliphatic carbocycles. The number of methoxy groups -OCH3 is 1. The molecule has 2 aliphatic heterocycles. The molecule has 0 unspecified atom stereocenters. The highest BCUT2D eigenvalue weighted by atomic mass is 16.6. The summed E-state index contributed by atoms with van der Waals surface area (Å²) in [6.07, 6.45) is -0.260. The van der Waals surface area contributed by atoms with Crippen LogP contribution in [0.5, 0.6) is 5.75 Å². The van der Waals surface area contributed by atoms with Crippen molar-refractivity contribution in [1.29, 1.82) is 0 Å². The van der Waals surface area contributed by atoms with E-state index < -0.39 is 24.4 Å². The maximum absolute atomic E-state index is 10.1. The molecule has 0 radical (unpaired) electrons. The van der Waals surface area contributed by atoms with E-state index in [0.29, 0.717) is 31.9 Å². The molecule has 196 valence electrons. The van der Waals surface area contributed by atoms with Crippen molar-refractivity contribution in [1.82, 2.24) is 4.90 Å². The molecular formula is C27H36N2O7. The Balaban J connectivity index is 1.29. The summed E-state index contributed by atoms with van der Waals surface area (Å²) in [5.74, 6) is 1.43. The van der Waals surface area contributed by atoms with Gasteiger partial charge >= 0.3 is 0 Å². The largest absolute Gasteiger partial charge is 0.497 e. The molecule has 4 atom stereocenters. The second-order valence-corrected chi connectivity index (χ2v) is 9.19. The van der Waals surface area contributed by atoms with Crippen LogP contribution in [0.15, 0.2) is 48.7 Å². The molecule has 2 heterocycles. The fourth-order valence-corrected chi connectivity index (χ4v) is 4.61. The summed E-state index contributed by atoms with van der Waals surface area (Å²) in [5, 5.41) is 43.1. The average molecular weight is 501 g/mol. The van der Waals surface area contributed by atoms with Gasteiger partial charge in [0.05, 0.1) is 25.9 Å². The molecule has 2 aliphatic rings. The predicted molar refractivity (Wildman–Crippen MR) is 136 cm³/mol. The van der Waals surface area contributed by atoms with Crippen molar-refractivity contribution in [3.63, 3.8) is 0 Å². The lowest BCUT2D eigenvalue weighted by atomic mass is 9.93. The minimum atomic E-state index is -1.23. The molecule has 0 bridgehead atoms. The highest BCUT2D eigenvalue weighted by Gasteiger charge is 2.40. The molecule has 36 heavy (non-hydrogen) atoms. The Morgan fingerprint density at radius 3 is 2.42 bits per heavy atom. The number of nitrogens with zero attached hydrogens (tertiary/aromatic N) is 1. The first-order chi connectivity index (χ1) is 17.5. The molecule has 5 N–H and O–H groups in total. The van der Waals surface area contributed by atoms with Gasteiger partial charge < -0.3 is 40.0 Å². The van der Waals surface area contributed by atoms with Crippen molar-refractivity contribution in [2.45, 2.75) is 37.2 Å². The van der Waals surface area contributed by atoms with Crippen molar-refractivity contribution in [2.75, 3.05) is 51.9 Å². The molecule has 4 rings (SSSR count). The van der Waals surface area contributed by atoms with Crippen LogP contribution in [0.1, 0.15) is 16.7 Å². The van der Waals surface area contributed by atoms with Crippen molar-refractivity contribution < 1.29 is 34.6 Å². The number of piperidine rings is 1. The lowest BCUT2D eigenvalue weighted by molar-refractivity contribution is -0.144. The lowest BCUT2D eigenvalue weighted by Crippen LogP contribution is -2.62. The van der Waals surface area contributed by atoms with Crippen molar-refractivity contribution in [3.8, 4) is 5.75 Å². The number of nitrogens with one attached hydrogen (secondary N) is 1. The molecule has 2 aromatic carbocycles. The first-order valence-corrected chi connectivity index (χ1v) is 12.3. The zero-order chi connectivity index (χ0) is 25.5. The second-order valence-electron chi connectivity index (χ2n) is 9.19. The van der Waals surface area contributed by atoms with Gasteiger partial charge in [0.15, 0.2) is 5.76 Å². The Morgan fingerprint density at radius 1 is 1.00 bits per heavy atom. The van der Waals surface area contributed by atoms with Crippen LogP contribution in [0.3, 0.4) is 0 Å². The Morgan fingerprint density at radius 2 is 1.75 bits per heavy atom. The van der Waals surface area contributed by atoms with Crippen molar-refractivity contribution in [3.05, 3.63) is 65.4 Å². The van der Waals surface area contributed by atoms with Crippen LogP contribution in [0.25, 0.3) is 5.76 Å². The molecule has 0 spiro atoms. The number of benzene rings is 2. The number of ether oxygens (including phenoxy) is 3. The van der Waals surface area contributed by atoms with Gasteiger partial charge in [-0.15, -0.1) is 0 Å². The Hall–Kier alpha value is -2.82. The monoisotopic (exact) mass is 500 g/mol. The van der Waals surface area contributed by atoms with E-state index in [0.717, 1.165) is 35.5 Å². The van der Waals surface area contributed by atoms with Crippen LogP contribution in [0.4, 0.5) is 5.69 Å². The van der Waals surface area contributed by atoms with E-state index in [4.69, 9.17) is 14.2 Å². The summed E-state index contributed by atoms with van der Waals surface area (Å²) < 4.78 is 16.5. The SMILES string of the molecule is COc1cc(NCCc2ccc(CCN3C[C@H](O)[C@@H](O)[C@H](O)[C@H]3CO)cc2)cc(C2=COCCO2)c1. The van der Waals surface area contributed by atoms with Gasteiger partial charge in [-0.3, -0.25) is 4.90 Å². The molecule has 1 saturated heterocycles. The standard InChI is InChI=1S/C27H36N2O7/c1-34-22-13-20(25-17-35-10-11-36-25)12-21(14-22)28-8-6-18-2-4-19(5-3-18)7-9-29-15-24(31)27(33)26(32)23(29)16-30/h2-5,12-14,17,23-24,26-28,30-33H,6-11,15-16H2,1H3/t23-,24+,26-,27-/m1/s1. The highest BCUT2D eigenvalue weighted by molar-refractivity contribution is 5.66. The quantitative estimate of drug-likeness (QED) is 0.325. The summed E-state index contributed by atoms with van der Waals surface area (Å²) in [5.41, 5.74) is 4.15. The van der Waals surface area contributed by atoms with E-state index in [1.54, 1.807) is 13.4 Å². The third kappa shape index (κ3) is 6.48. The van der Waals surface area contributed by atoms with Crippen LogP contribution in [0, 0.1) is 0 Å². The van der Waals surface area contributed by atoms with Crippen molar-refractivity contribution in [2.24, 2.45) is 0 Å². The van der Waals surface area contributed by atoms with Gasteiger partial charge in [-0.05, 0) is 36.1 Å². The predicted octanol–water partition coefficient (Wildman–Crippen LogP) is 0.997. The third-order valence-electron chi connectivity index (χ3n) is 6.75. The van der Waals surface area contributed by atoms with E-state index in [2.05, 4.69) is 29.6 Å². The van der Waals surface area contributed by atoms with Crippen LogP contribution in [-0.2, 0) is 22.3 Å². The number of β-amino-alcohol motifs (C(OH)–C–C–N with tert-alkyl or cyclic N) is 1. The molecule has 2 aromatic rings. The van der Waals surface area contributed by atoms with E-state index >= 15 is 0 Å². The van der Waals surface area contributed by atoms with Crippen LogP contribution in [0.2, 0.25) is 0 Å². The number of anilines is 1. The zero-order valence-electron chi connectivity index (χ0n) is 20.5. The Labute approximate surface area is 211 Å². The Bertz CT molecular complexity index is 1010. The van der Waals surface area contributed by atoms with Gasteiger partial charge in [-0.1, -0.05) is 24.3 Å². The molecule has 9 nitrogen and oxygen atoms in total. The summed E-state index contributed by atoms with van der Waals surface area (Å²) in [7, 11) is 1.64. The third-order valence-corrected chi connectivity index (χ3v) is 6.75. The minimum Gasteiger partial charge on any atom is -0.497 e. The number of likely N-dealkylation sites (tertiary alicyclic amines) is 1. The first-order valence-electron chi connectivity index (χ1n) is 12.3. The van der Waals surface area contributed by atoms with Crippen LogP contribution in [-0.4, -0.2) is 96.2 Å². The molecule has 0 aromatic heterocycles. The molecule has 1 fully saturated rings. The second kappa shape index (κ2) is 12.4. The van der Waals surface area contributed by atoms with E-state index in [9.17, 15) is 20.4 Å². The fourth-order valence-electron chi connectivity index (χ4n) is 4.61. The number of hydrogen-bond acceptors (Lipinski definition) is 9. The van der Waals surface area contributed by atoms with Crippen molar-refractivity contribution >= 4 is 11.4 Å². The average Bonchev–Trinajstić information content (AvgIpc) is 2.91. The summed E-state index contributed by atoms with van der Waals surface area (Å²) in [6, 6.07) is 13.6. The summed E-state index contributed by atoms with van der Waals surface area (Å²) in [4.78, 5) is 1.84. The maximum atomic E-state index is 10.1. The molecule has 0 saturated carbocycles. The molecule has 0 amide bonds. The normalized spacial score (nSPS) is 24.4. The van der Waals surface area contributed by atoms with Crippen LogP contribution < -0.4 is 10.1 Å². The van der Waals surface area contributed by atoms with E-state index in [1.165, 1.54) is 5.56 Å². The van der Waals surface area contributed by atoms with E-state index in [-0.39, 0.29) is 13.2 Å². The number of rotatable bonds is 10. The van der Waals surface area contributed by atoms with Gasteiger partial charge in [0, 0.05) is 37.0 Å². The number of aliphatic hydroxyl groups excluding tert-OH is 4. The summed E-state index contributed by atoms with van der Waals surface area (Å²) >= 11 is 0. The van der Waals surface area contributed by atoms with Crippen LogP contribution >= 0.6 is 0 Å². The maximum Gasteiger partial charge on any atom is 0.161 e. The van der Waals surface area contributed by atoms with Gasteiger partial charge in [-0.25, -0.2) is 0 Å². The van der Waals surface area contributed by atoms with Gasteiger partial charge in [0.2, 0.25) is 0 Å². The fraction of sp³-hybridized carbons (Fsp3) is 0.481. The zero-order valence-corrected chi connectivity index (χ0v) is 20.5. The number of hydrogen-bond donors (Lipinski definition) is 5.